The van der Waals surface area contributed by atoms with Crippen molar-refractivity contribution in [2.75, 3.05) is 5.32 Å². The van der Waals surface area contributed by atoms with Crippen LogP contribution in [0.3, 0.4) is 0 Å². The van der Waals surface area contributed by atoms with Crippen molar-refractivity contribution < 1.29 is 53.6 Å². The molecule has 10 nitrogen and oxygen atoms in total. The zero-order valence-corrected chi connectivity index (χ0v) is 26.8. The number of thiol groups is 1. The first-order valence-corrected chi connectivity index (χ1v) is 15.4. The molecule has 0 unspecified atom stereocenters. The number of carbonyl (C=O) groups excluding carboxylic acids is 1. The molecule has 0 saturated carbocycles. The Morgan fingerprint density at radius 2 is 1.44 bits per heavy atom. The van der Waals surface area contributed by atoms with Gasteiger partial charge in [-0.3, -0.25) is 9.35 Å². The number of halogens is 6. The molecule has 1 heterocycles. The molecule has 4 aromatic rings. The Labute approximate surface area is 277 Å². The number of nitrogens with two attached hydrogens (primary N) is 1. The molecule has 18 heteroatoms. The normalized spacial score (nSPS) is 12.7. The topological polar surface area (TPSA) is 154 Å². The van der Waals surface area contributed by atoms with Crippen molar-refractivity contribution in [1.82, 2.24) is 9.97 Å². The standard InChI is InChI=1S/C22H22F3N3O2S.C6H6O3S.C2H2F3NO/c1-14(29-13-16-6-4-3-5-7-16)15(2)30-20-19(22(23,24)25)12-26-21(28-20)27-17-8-10-18(31)11-9-17;7-10(8,9)6-4-2-1-3-5-6;3-2(4,5)1(6)7/h3-12,14-15,31H,13H2,1-2H3,(H,26,27,28);1-5H,(H,7,8,9);(H2,6,7)/t14-,15-;;/m1../s1. The van der Waals surface area contributed by atoms with Crippen molar-refractivity contribution in [1.29, 1.82) is 0 Å². The Balaban J connectivity index is 0.000000384. The minimum atomic E-state index is -4.86. The van der Waals surface area contributed by atoms with E-state index in [9.17, 15) is 34.8 Å². The molecule has 4 N–H and O–H groups in total. The number of hydrogen-bond acceptors (Lipinski definition) is 9. The molecule has 2 atom stereocenters. The first-order chi connectivity index (χ1) is 22.3. The van der Waals surface area contributed by atoms with Crippen LogP contribution < -0.4 is 15.8 Å². The van der Waals surface area contributed by atoms with Crippen LogP contribution in [0.4, 0.5) is 38.0 Å². The molecule has 0 aliphatic carbocycles. The molecule has 0 fully saturated rings. The molecule has 3 aromatic carbocycles. The maximum absolute atomic E-state index is 13.5. The van der Waals surface area contributed by atoms with Crippen LogP contribution in [0.1, 0.15) is 25.0 Å². The van der Waals surface area contributed by atoms with Gasteiger partial charge in [0, 0.05) is 16.8 Å². The Morgan fingerprint density at radius 3 is 1.90 bits per heavy atom. The monoisotopic (exact) mass is 720 g/mol. The Morgan fingerprint density at radius 1 is 0.917 bits per heavy atom. The summed E-state index contributed by atoms with van der Waals surface area (Å²) in [6.07, 6.45) is -9.97. The third-order valence-corrected chi connectivity index (χ3v) is 6.98. The lowest BCUT2D eigenvalue weighted by Gasteiger charge is -2.23. The fraction of sp³-hybridized carbons (Fsp3) is 0.233. The Kier molecular flexibility index (Phi) is 14.6. The summed E-state index contributed by atoms with van der Waals surface area (Å²) in [5.41, 5.74) is 4.32. The molecule has 260 valence electrons. The average molecular weight is 721 g/mol. The molecular formula is C30H30F6N4O6S2. The van der Waals surface area contributed by atoms with Gasteiger partial charge in [-0.1, -0.05) is 48.5 Å². The van der Waals surface area contributed by atoms with Crippen LogP contribution >= 0.6 is 12.6 Å². The number of ether oxygens (including phenoxy) is 2. The van der Waals surface area contributed by atoms with E-state index in [2.05, 4.69) is 33.6 Å². The van der Waals surface area contributed by atoms with E-state index >= 15 is 0 Å². The first kappa shape index (κ1) is 39.8. The highest BCUT2D eigenvalue weighted by Gasteiger charge is 2.37. The van der Waals surface area contributed by atoms with Crippen LogP contribution in [0.2, 0.25) is 0 Å². The van der Waals surface area contributed by atoms with Crippen molar-refractivity contribution in [3.05, 3.63) is 102 Å². The van der Waals surface area contributed by atoms with E-state index < -0.39 is 52.0 Å². The van der Waals surface area contributed by atoms with Gasteiger partial charge >= 0.3 is 18.3 Å². The molecule has 1 amide bonds. The van der Waals surface area contributed by atoms with E-state index in [4.69, 9.17) is 18.8 Å². The van der Waals surface area contributed by atoms with Crippen LogP contribution in [0.5, 0.6) is 5.88 Å². The fourth-order valence-corrected chi connectivity index (χ4v) is 3.84. The number of aromatic nitrogens is 2. The largest absolute Gasteiger partial charge is 0.471 e. The molecule has 0 radical (unpaired) electrons. The number of rotatable bonds is 9. The van der Waals surface area contributed by atoms with Gasteiger partial charge in [-0.15, -0.1) is 12.6 Å². The molecule has 4 rings (SSSR count). The molecule has 0 aliphatic heterocycles. The number of alkyl halides is 6. The van der Waals surface area contributed by atoms with Crippen molar-refractivity contribution >= 4 is 40.3 Å². The number of primary amides is 1. The van der Waals surface area contributed by atoms with E-state index in [1.165, 1.54) is 12.1 Å². The molecular weight excluding hydrogens is 690 g/mol. The highest BCUT2D eigenvalue weighted by molar-refractivity contribution is 7.85. The molecule has 0 bridgehead atoms. The van der Waals surface area contributed by atoms with Gasteiger partial charge in [0.25, 0.3) is 10.1 Å². The molecule has 1 aromatic heterocycles. The second-order valence-electron chi connectivity index (χ2n) is 9.56. The van der Waals surface area contributed by atoms with Gasteiger partial charge in [-0.05, 0) is 55.8 Å². The van der Waals surface area contributed by atoms with Gasteiger partial charge in [-0.25, -0.2) is 4.98 Å². The second kappa shape index (κ2) is 17.7. The van der Waals surface area contributed by atoms with Gasteiger partial charge in [0.05, 0.1) is 17.6 Å². The summed E-state index contributed by atoms with van der Waals surface area (Å²) >= 11 is 4.20. The van der Waals surface area contributed by atoms with Crippen LogP contribution in [-0.4, -0.2) is 47.2 Å². The number of hydrogen-bond donors (Lipinski definition) is 4. The number of nitrogens with one attached hydrogen (secondary N) is 1. The summed E-state index contributed by atoms with van der Waals surface area (Å²) in [6.45, 7) is 3.69. The van der Waals surface area contributed by atoms with Crippen LogP contribution in [0, 0.1) is 0 Å². The van der Waals surface area contributed by atoms with E-state index in [1.807, 2.05) is 30.3 Å². The van der Waals surface area contributed by atoms with Crippen molar-refractivity contribution in [3.63, 3.8) is 0 Å². The van der Waals surface area contributed by atoms with Gasteiger partial charge < -0.3 is 20.5 Å². The van der Waals surface area contributed by atoms with Gasteiger partial charge in [-0.2, -0.15) is 39.7 Å². The summed E-state index contributed by atoms with van der Waals surface area (Å²) in [5.74, 6) is -2.83. The van der Waals surface area contributed by atoms with E-state index in [0.717, 1.165) is 10.5 Å². The van der Waals surface area contributed by atoms with E-state index in [0.29, 0.717) is 18.5 Å². The lowest BCUT2D eigenvalue weighted by molar-refractivity contribution is -0.169. The number of amides is 1. The maximum atomic E-state index is 13.5. The fourth-order valence-electron chi connectivity index (χ4n) is 3.19. The molecule has 0 aliphatic rings. The van der Waals surface area contributed by atoms with E-state index in [1.54, 1.807) is 56.3 Å². The van der Waals surface area contributed by atoms with Crippen LogP contribution in [0.25, 0.3) is 0 Å². The van der Waals surface area contributed by atoms with Crippen LogP contribution in [0.15, 0.2) is 101 Å². The minimum Gasteiger partial charge on any atom is -0.471 e. The minimum absolute atomic E-state index is 0.0139. The second-order valence-corrected chi connectivity index (χ2v) is 11.5. The molecule has 48 heavy (non-hydrogen) atoms. The average Bonchev–Trinajstić information content (AvgIpc) is 3.01. The zero-order chi connectivity index (χ0) is 36.1. The molecule has 0 spiro atoms. The number of carbonyl (C=O) groups is 1. The van der Waals surface area contributed by atoms with Crippen molar-refractivity contribution in [3.8, 4) is 5.88 Å². The lowest BCUT2D eigenvalue weighted by atomic mass is 10.2. The van der Waals surface area contributed by atoms with Gasteiger partial charge in [0.15, 0.2) is 0 Å². The Hall–Kier alpha value is -4.39. The van der Waals surface area contributed by atoms with E-state index in [-0.39, 0.29) is 10.8 Å². The molecule has 0 saturated heterocycles. The third-order valence-electron chi connectivity index (χ3n) is 5.82. The van der Waals surface area contributed by atoms with Crippen LogP contribution in [-0.2, 0) is 32.4 Å². The van der Waals surface area contributed by atoms with Gasteiger partial charge in [0.1, 0.15) is 11.7 Å². The highest BCUT2D eigenvalue weighted by Crippen LogP contribution is 2.36. The third kappa shape index (κ3) is 14.2. The van der Waals surface area contributed by atoms with Gasteiger partial charge in [0.2, 0.25) is 11.8 Å². The smallest absolute Gasteiger partial charge is 0.470 e. The number of anilines is 2. The maximum Gasteiger partial charge on any atom is 0.470 e. The summed E-state index contributed by atoms with van der Waals surface area (Å²) in [7, 11) is -4.00. The Bertz CT molecular complexity index is 1700. The lowest BCUT2D eigenvalue weighted by Crippen LogP contribution is -2.30. The SMILES string of the molecule is C[C@@H](OCc1ccccc1)[C@@H](C)Oc1nc(Nc2ccc(S)cc2)ncc1C(F)(F)F.NC(=O)C(F)(F)F.O=S(=O)(O)c1ccccc1. The first-order valence-electron chi connectivity index (χ1n) is 13.5. The summed E-state index contributed by atoms with van der Waals surface area (Å²) < 4.78 is 113. The number of benzene rings is 3. The predicted octanol–water partition coefficient (Wildman–Crippen LogP) is 6.87. The predicted molar refractivity (Wildman–Crippen MR) is 166 cm³/mol. The summed E-state index contributed by atoms with van der Waals surface area (Å²) in [5, 5.41) is 2.86. The van der Waals surface area contributed by atoms with Crippen molar-refractivity contribution in [2.45, 2.75) is 54.8 Å². The van der Waals surface area contributed by atoms with Crippen molar-refractivity contribution in [2.24, 2.45) is 5.73 Å². The highest BCUT2D eigenvalue weighted by atomic mass is 32.2. The summed E-state index contributed by atoms with van der Waals surface area (Å²) in [6, 6.07) is 23.8. The quantitative estimate of drug-likeness (QED) is 0.0825. The summed E-state index contributed by atoms with van der Waals surface area (Å²) in [4.78, 5) is 17.5. The zero-order valence-electron chi connectivity index (χ0n) is 25.1. The number of nitrogens with zero attached hydrogens (tertiary/aromatic N) is 2.